The molecule has 1 fully saturated rings. The second kappa shape index (κ2) is 15.1. The molecule has 2 amide bonds. The Labute approximate surface area is 245 Å². The molecule has 42 heavy (non-hydrogen) atoms. The van der Waals surface area contributed by atoms with Gasteiger partial charge in [-0.15, -0.1) is 0 Å². The highest BCUT2D eigenvalue weighted by Crippen LogP contribution is 2.29. The average Bonchev–Trinajstić information content (AvgIpc) is 2.76. The van der Waals surface area contributed by atoms with Crippen molar-refractivity contribution in [3.05, 3.63) is 0 Å². The van der Waals surface area contributed by atoms with E-state index in [1.807, 2.05) is 0 Å². The van der Waals surface area contributed by atoms with Crippen LogP contribution in [0.1, 0.15) is 76.2 Å². The van der Waals surface area contributed by atoms with Crippen molar-refractivity contribution in [1.29, 1.82) is 0 Å². The number of nitrogens with one attached hydrogen (secondary N) is 2. The maximum absolute atomic E-state index is 13.2. The number of carbonyl (C=O) groups excluding carboxylic acids is 6. The molecule has 0 aliphatic carbocycles. The van der Waals surface area contributed by atoms with Crippen LogP contribution in [-0.4, -0.2) is 96.5 Å². The third kappa shape index (κ3) is 13.0. The monoisotopic (exact) mass is 604 g/mol. The molecule has 0 aromatic carbocycles. The number of esters is 4. The van der Waals surface area contributed by atoms with Crippen molar-refractivity contribution in [2.24, 2.45) is 0 Å². The van der Waals surface area contributed by atoms with Crippen LogP contribution in [0.2, 0.25) is 0 Å². The van der Waals surface area contributed by atoms with Gasteiger partial charge in [0.15, 0.2) is 24.5 Å². The van der Waals surface area contributed by atoms with E-state index in [0.29, 0.717) is 0 Å². The molecule has 1 aliphatic heterocycles. The van der Waals surface area contributed by atoms with Gasteiger partial charge < -0.3 is 43.8 Å². The van der Waals surface area contributed by atoms with Crippen LogP contribution >= 0.6 is 0 Å². The second-order valence-corrected chi connectivity index (χ2v) is 11.7. The number of hydrogen-bond acceptors (Lipinski definition) is 13. The van der Waals surface area contributed by atoms with E-state index >= 15 is 0 Å². The molecule has 0 bridgehead atoms. The Morgan fingerprint density at radius 1 is 0.786 bits per heavy atom. The highest BCUT2D eigenvalue weighted by molar-refractivity contribution is 5.82. The second-order valence-electron chi connectivity index (χ2n) is 11.7. The van der Waals surface area contributed by atoms with Gasteiger partial charge in [0, 0.05) is 27.7 Å². The summed E-state index contributed by atoms with van der Waals surface area (Å²) in [4.78, 5) is 73.6. The van der Waals surface area contributed by atoms with Gasteiger partial charge in [-0.05, 0) is 48.5 Å². The average molecular weight is 605 g/mol. The summed E-state index contributed by atoms with van der Waals surface area (Å²) >= 11 is 0. The van der Waals surface area contributed by atoms with E-state index in [2.05, 4.69) is 10.6 Å². The van der Waals surface area contributed by atoms with E-state index in [9.17, 15) is 28.8 Å². The van der Waals surface area contributed by atoms with Crippen molar-refractivity contribution in [3.8, 4) is 0 Å². The number of amides is 2. The first-order chi connectivity index (χ1) is 19.1. The zero-order valence-electron chi connectivity index (χ0n) is 26.1. The van der Waals surface area contributed by atoms with Crippen LogP contribution in [0.15, 0.2) is 0 Å². The molecule has 7 atom stereocenters. The van der Waals surface area contributed by atoms with Gasteiger partial charge in [-0.3, -0.25) is 19.2 Å². The molecule has 0 spiro atoms. The molecule has 2 N–H and O–H groups in total. The Hall–Kier alpha value is -3.46. The lowest BCUT2D eigenvalue weighted by atomic mass is 9.95. The maximum atomic E-state index is 13.2. The molecule has 0 aromatic rings. The van der Waals surface area contributed by atoms with Crippen molar-refractivity contribution in [2.45, 2.75) is 130 Å². The van der Waals surface area contributed by atoms with Crippen LogP contribution in [0.25, 0.3) is 0 Å². The largest absolute Gasteiger partial charge is 0.463 e. The summed E-state index contributed by atoms with van der Waals surface area (Å²) < 4.78 is 38.7. The fraction of sp³-hybridized carbons (Fsp3) is 0.778. The lowest BCUT2D eigenvalue weighted by Crippen LogP contribution is -2.67. The molecule has 1 saturated heterocycles. The fourth-order valence-corrected chi connectivity index (χ4v) is 3.86. The molecule has 15 nitrogen and oxygen atoms in total. The van der Waals surface area contributed by atoms with Crippen LogP contribution in [0, 0.1) is 0 Å². The number of hydrogen-bond donors (Lipinski definition) is 2. The molecule has 0 radical (unpaired) electrons. The van der Waals surface area contributed by atoms with Gasteiger partial charge in [-0.2, -0.15) is 0 Å². The summed E-state index contributed by atoms with van der Waals surface area (Å²) in [6, 6.07) is -2.72. The number of rotatable bonds is 10. The van der Waals surface area contributed by atoms with Gasteiger partial charge in [-0.1, -0.05) is 0 Å². The van der Waals surface area contributed by atoms with Crippen molar-refractivity contribution in [1.82, 2.24) is 10.6 Å². The Morgan fingerprint density at radius 2 is 1.31 bits per heavy atom. The molecule has 1 heterocycles. The van der Waals surface area contributed by atoms with E-state index in [0.717, 1.165) is 20.8 Å². The minimum atomic E-state index is -1.48. The molecule has 0 aromatic heterocycles. The summed E-state index contributed by atoms with van der Waals surface area (Å²) in [5, 5.41) is 5.01. The Morgan fingerprint density at radius 3 is 1.76 bits per heavy atom. The predicted octanol–water partition coefficient (Wildman–Crippen LogP) is 1.28. The summed E-state index contributed by atoms with van der Waals surface area (Å²) in [7, 11) is 0. The van der Waals surface area contributed by atoms with Crippen molar-refractivity contribution >= 4 is 35.9 Å². The lowest BCUT2D eigenvalue weighted by molar-refractivity contribution is -0.288. The summed E-state index contributed by atoms with van der Waals surface area (Å²) in [6.07, 6.45) is -7.56. The van der Waals surface area contributed by atoms with E-state index in [1.165, 1.54) is 13.8 Å². The smallest absolute Gasteiger partial charge is 0.408 e. The Balaban J connectivity index is 3.52. The van der Waals surface area contributed by atoms with Gasteiger partial charge in [0.25, 0.3) is 0 Å². The summed E-state index contributed by atoms with van der Waals surface area (Å²) in [5.41, 5.74) is -1.82. The van der Waals surface area contributed by atoms with Gasteiger partial charge in [0.1, 0.15) is 30.0 Å². The van der Waals surface area contributed by atoms with E-state index in [-0.39, 0.29) is 0 Å². The SMILES string of the molecule is CC(=O)N[C@H]1[C@@H](O[C@H](C)[C@H](NC(=O)OC(C)(C)C)C(=O)OC(C)(C)C)O[C@H](COC(C)=O)[C@H](OC(C)=O)[C@@H]1OC(C)=O. The molecule has 1 aliphatic rings. The summed E-state index contributed by atoms with van der Waals surface area (Å²) in [6.45, 7) is 15.4. The van der Waals surface area contributed by atoms with Crippen molar-refractivity contribution < 1.29 is 61.9 Å². The minimum absolute atomic E-state index is 0.447. The molecule has 15 heteroatoms. The highest BCUT2D eigenvalue weighted by Gasteiger charge is 2.52. The van der Waals surface area contributed by atoms with Gasteiger partial charge in [0.05, 0.1) is 6.10 Å². The molecule has 0 unspecified atom stereocenters. The summed E-state index contributed by atoms with van der Waals surface area (Å²) in [5.74, 6) is -3.68. The fourth-order valence-electron chi connectivity index (χ4n) is 3.86. The van der Waals surface area contributed by atoms with Crippen molar-refractivity contribution in [3.63, 3.8) is 0 Å². The lowest BCUT2D eigenvalue weighted by Gasteiger charge is -2.45. The Bertz CT molecular complexity index is 1000. The molecular formula is C27H44N2O13. The van der Waals surface area contributed by atoms with Gasteiger partial charge in [-0.25, -0.2) is 9.59 Å². The third-order valence-electron chi connectivity index (χ3n) is 5.22. The zero-order chi connectivity index (χ0) is 32.6. The highest BCUT2D eigenvalue weighted by atomic mass is 16.7. The topological polar surface area (TPSA) is 191 Å². The zero-order valence-corrected chi connectivity index (χ0v) is 26.1. The molecular weight excluding hydrogens is 560 g/mol. The standard InChI is InChI=1S/C27H44N2O13/c1-13(19(23(34)41-26(6,7)8)29-25(35)42-27(9,10)11)37-24-20(28-14(2)30)22(39-17(5)33)21(38-16(4)32)18(40-24)12-36-15(3)31/h13,18-22,24H,12H2,1-11H3,(H,28,30)(H,29,35)/t13-,18-,19+,20-,21+,22-,24+/m1/s1. The van der Waals surface area contributed by atoms with Crippen LogP contribution in [0.5, 0.6) is 0 Å². The van der Waals surface area contributed by atoms with Gasteiger partial charge in [0.2, 0.25) is 5.91 Å². The first kappa shape index (κ1) is 36.6. The van der Waals surface area contributed by atoms with Gasteiger partial charge >= 0.3 is 30.0 Å². The van der Waals surface area contributed by atoms with Crippen LogP contribution in [-0.2, 0) is 57.1 Å². The molecule has 0 saturated carbocycles. The normalized spacial score (nSPS) is 23.8. The number of alkyl carbamates (subject to hydrolysis) is 1. The first-order valence-corrected chi connectivity index (χ1v) is 13.4. The maximum Gasteiger partial charge on any atom is 0.408 e. The van der Waals surface area contributed by atoms with Crippen LogP contribution < -0.4 is 10.6 Å². The number of carbonyl (C=O) groups is 6. The molecule has 1 rings (SSSR count). The molecule has 240 valence electrons. The van der Waals surface area contributed by atoms with E-state index in [1.54, 1.807) is 41.5 Å². The number of ether oxygens (including phenoxy) is 7. The predicted molar refractivity (Wildman–Crippen MR) is 144 cm³/mol. The van der Waals surface area contributed by atoms with E-state index < -0.39 is 96.5 Å². The van der Waals surface area contributed by atoms with E-state index in [4.69, 9.17) is 33.2 Å². The first-order valence-electron chi connectivity index (χ1n) is 13.4. The third-order valence-corrected chi connectivity index (χ3v) is 5.22. The van der Waals surface area contributed by atoms with Crippen molar-refractivity contribution in [2.75, 3.05) is 6.61 Å². The minimum Gasteiger partial charge on any atom is -0.463 e. The quantitative estimate of drug-likeness (QED) is 0.268. The van der Waals surface area contributed by atoms with Crippen LogP contribution in [0.4, 0.5) is 4.79 Å². The van der Waals surface area contributed by atoms with Crippen LogP contribution in [0.3, 0.4) is 0 Å². The Kier molecular flexibility index (Phi) is 13.2.